The minimum absolute atomic E-state index is 0.0307. The van der Waals surface area contributed by atoms with E-state index in [0.29, 0.717) is 5.92 Å². The summed E-state index contributed by atoms with van der Waals surface area (Å²) in [4.78, 5) is 17.9. The number of fused-ring (bicyclic) bond motifs is 2. The number of carbonyl (C=O) groups excluding carboxylic acids is 1. The van der Waals surface area contributed by atoms with Crippen LogP contribution in [0, 0.1) is 5.92 Å². The third-order valence-electron chi connectivity index (χ3n) is 7.20. The zero-order valence-electron chi connectivity index (χ0n) is 17.7. The van der Waals surface area contributed by atoms with Gasteiger partial charge in [0.15, 0.2) is 11.5 Å². The van der Waals surface area contributed by atoms with Crippen molar-refractivity contribution in [2.45, 2.75) is 56.8 Å². The van der Waals surface area contributed by atoms with Crippen LogP contribution >= 0.6 is 0 Å². The largest absolute Gasteiger partial charge is 0.454 e. The summed E-state index contributed by atoms with van der Waals surface area (Å²) in [5.41, 5.74) is 2.07. The van der Waals surface area contributed by atoms with Gasteiger partial charge in [-0.1, -0.05) is 26.0 Å². The van der Waals surface area contributed by atoms with E-state index in [4.69, 9.17) is 14.2 Å². The zero-order chi connectivity index (χ0) is 20.3. The van der Waals surface area contributed by atoms with Crippen LogP contribution in [0.15, 0.2) is 24.3 Å². The van der Waals surface area contributed by atoms with Crippen molar-refractivity contribution in [3.63, 3.8) is 0 Å². The van der Waals surface area contributed by atoms with E-state index < -0.39 is 0 Å². The third kappa shape index (κ3) is 2.65. The Labute approximate surface area is 172 Å². The molecule has 1 aromatic rings. The number of amides is 1. The fraction of sp³-hybridized carbons (Fsp3) is 0.609. The lowest BCUT2D eigenvalue weighted by molar-refractivity contribution is -0.132. The number of rotatable bonds is 4. The van der Waals surface area contributed by atoms with Crippen LogP contribution in [0.25, 0.3) is 0 Å². The SMILES string of the molecule is CO[C@@H]1C=C[C@@]23c4cc5c(cc4CN(CCC(C)C)[C@@H]2C(=O)N(C)[C@H]3C1)OCO5. The predicted molar refractivity (Wildman–Crippen MR) is 109 cm³/mol. The molecule has 5 rings (SSSR count). The molecule has 1 amide bonds. The molecule has 0 N–H and O–H groups in total. The predicted octanol–water partition coefficient (Wildman–Crippen LogP) is 2.70. The Morgan fingerprint density at radius 2 is 2.03 bits per heavy atom. The molecule has 4 atom stereocenters. The molecule has 1 aromatic carbocycles. The van der Waals surface area contributed by atoms with Crippen molar-refractivity contribution in [1.29, 1.82) is 0 Å². The quantitative estimate of drug-likeness (QED) is 0.730. The summed E-state index contributed by atoms with van der Waals surface area (Å²) in [6, 6.07) is 4.14. The highest BCUT2D eigenvalue weighted by molar-refractivity contribution is 5.89. The molecular weight excluding hydrogens is 368 g/mol. The van der Waals surface area contributed by atoms with Gasteiger partial charge in [0.25, 0.3) is 0 Å². The molecule has 1 fully saturated rings. The summed E-state index contributed by atoms with van der Waals surface area (Å²) < 4.78 is 17.0. The fourth-order valence-corrected chi connectivity index (χ4v) is 5.68. The van der Waals surface area contributed by atoms with E-state index in [2.05, 4.69) is 43.0 Å². The van der Waals surface area contributed by atoms with Crippen molar-refractivity contribution in [1.82, 2.24) is 9.80 Å². The van der Waals surface area contributed by atoms with Gasteiger partial charge in [-0.25, -0.2) is 0 Å². The fourth-order valence-electron chi connectivity index (χ4n) is 5.68. The van der Waals surface area contributed by atoms with Crippen LogP contribution in [-0.4, -0.2) is 61.4 Å². The van der Waals surface area contributed by atoms with E-state index in [1.54, 1.807) is 7.11 Å². The molecule has 3 aliphatic heterocycles. The number of likely N-dealkylation sites (tertiary alicyclic amines) is 1. The lowest BCUT2D eigenvalue weighted by atomic mass is 9.63. The number of hydrogen-bond donors (Lipinski definition) is 0. The molecule has 29 heavy (non-hydrogen) atoms. The Morgan fingerprint density at radius 3 is 2.76 bits per heavy atom. The van der Waals surface area contributed by atoms with E-state index in [1.807, 2.05) is 11.9 Å². The van der Waals surface area contributed by atoms with E-state index >= 15 is 0 Å². The highest BCUT2D eigenvalue weighted by Crippen LogP contribution is 2.54. The maximum Gasteiger partial charge on any atom is 0.241 e. The van der Waals surface area contributed by atoms with Crippen molar-refractivity contribution in [3.8, 4) is 11.5 Å². The second-order valence-corrected chi connectivity index (χ2v) is 9.19. The molecule has 1 aliphatic carbocycles. The molecule has 6 nitrogen and oxygen atoms in total. The summed E-state index contributed by atoms with van der Waals surface area (Å²) in [5.74, 6) is 2.40. The number of likely N-dealkylation sites (N-methyl/N-ethyl adjacent to an activating group) is 1. The van der Waals surface area contributed by atoms with Crippen LogP contribution in [0.4, 0.5) is 0 Å². The van der Waals surface area contributed by atoms with Gasteiger partial charge in [-0.15, -0.1) is 0 Å². The van der Waals surface area contributed by atoms with E-state index in [1.165, 1.54) is 11.1 Å². The molecule has 156 valence electrons. The first kappa shape index (κ1) is 18.9. The summed E-state index contributed by atoms with van der Waals surface area (Å²) in [5, 5.41) is 0. The standard InChI is InChI=1S/C23H30N2O4/c1-14(2)6-8-25-12-15-9-18-19(29-13-28-18)11-17(15)23-7-5-16(27-4)10-20(23)24(3)22(26)21(23)25/h5,7,9,11,14,16,20-21H,6,8,10,12-13H2,1-4H3/t16-,20+,21-,23+/m1/s1. The summed E-state index contributed by atoms with van der Waals surface area (Å²) in [6.45, 7) is 6.40. The normalized spacial score (nSPS) is 32.5. The number of nitrogens with zero attached hydrogens (tertiary/aromatic N) is 2. The van der Waals surface area contributed by atoms with Crippen molar-refractivity contribution in [2.75, 3.05) is 27.5 Å². The number of ether oxygens (including phenoxy) is 3. The van der Waals surface area contributed by atoms with Crippen molar-refractivity contribution in [3.05, 3.63) is 35.4 Å². The Hall–Kier alpha value is -2.05. The average Bonchev–Trinajstić information content (AvgIpc) is 3.25. The van der Waals surface area contributed by atoms with Gasteiger partial charge in [-0.2, -0.15) is 0 Å². The van der Waals surface area contributed by atoms with E-state index in [0.717, 1.165) is 37.4 Å². The molecule has 0 unspecified atom stereocenters. The van der Waals surface area contributed by atoms with Crippen LogP contribution in [-0.2, 0) is 21.5 Å². The van der Waals surface area contributed by atoms with Gasteiger partial charge < -0.3 is 19.1 Å². The van der Waals surface area contributed by atoms with Crippen LogP contribution in [0.5, 0.6) is 11.5 Å². The smallest absolute Gasteiger partial charge is 0.241 e. The molecule has 0 bridgehead atoms. The summed E-state index contributed by atoms with van der Waals surface area (Å²) in [6.07, 6.45) is 6.30. The average molecular weight is 399 g/mol. The molecule has 0 radical (unpaired) electrons. The number of methoxy groups -OCH3 is 1. The maximum absolute atomic E-state index is 13.5. The van der Waals surface area contributed by atoms with Crippen molar-refractivity contribution < 1.29 is 19.0 Å². The molecule has 0 aromatic heterocycles. The summed E-state index contributed by atoms with van der Waals surface area (Å²) >= 11 is 0. The third-order valence-corrected chi connectivity index (χ3v) is 7.20. The van der Waals surface area contributed by atoms with Gasteiger partial charge >= 0.3 is 0 Å². The number of hydrogen-bond acceptors (Lipinski definition) is 5. The maximum atomic E-state index is 13.5. The second-order valence-electron chi connectivity index (χ2n) is 9.19. The van der Waals surface area contributed by atoms with Gasteiger partial charge in [-0.05, 0) is 48.6 Å². The molecular formula is C23H30N2O4. The Kier molecular flexibility index (Phi) is 4.40. The minimum Gasteiger partial charge on any atom is -0.454 e. The Balaban J connectivity index is 1.68. The number of carbonyl (C=O) groups is 1. The van der Waals surface area contributed by atoms with Crippen molar-refractivity contribution in [2.24, 2.45) is 5.92 Å². The van der Waals surface area contributed by atoms with Gasteiger partial charge in [0.2, 0.25) is 12.7 Å². The van der Waals surface area contributed by atoms with Crippen LogP contribution in [0.3, 0.4) is 0 Å². The van der Waals surface area contributed by atoms with Gasteiger partial charge in [-0.3, -0.25) is 9.69 Å². The molecule has 6 heteroatoms. The van der Waals surface area contributed by atoms with E-state index in [9.17, 15) is 4.79 Å². The lowest BCUT2D eigenvalue weighted by Gasteiger charge is -2.49. The molecule has 4 aliphatic rings. The zero-order valence-corrected chi connectivity index (χ0v) is 17.7. The van der Waals surface area contributed by atoms with Crippen LogP contribution in [0.2, 0.25) is 0 Å². The molecule has 0 saturated carbocycles. The Bertz CT molecular complexity index is 867. The molecule has 3 heterocycles. The molecule has 1 saturated heterocycles. The van der Waals surface area contributed by atoms with Gasteiger partial charge in [0, 0.05) is 26.7 Å². The highest BCUT2D eigenvalue weighted by atomic mass is 16.7. The first-order valence-electron chi connectivity index (χ1n) is 10.6. The van der Waals surface area contributed by atoms with Crippen LogP contribution in [0.1, 0.15) is 37.8 Å². The van der Waals surface area contributed by atoms with Crippen molar-refractivity contribution >= 4 is 5.91 Å². The van der Waals surface area contributed by atoms with Gasteiger partial charge in [0.1, 0.15) is 6.04 Å². The highest BCUT2D eigenvalue weighted by Gasteiger charge is 2.63. The molecule has 1 spiro atoms. The monoisotopic (exact) mass is 398 g/mol. The summed E-state index contributed by atoms with van der Waals surface area (Å²) in [7, 11) is 3.69. The minimum atomic E-state index is -0.383. The van der Waals surface area contributed by atoms with Gasteiger partial charge in [0.05, 0.1) is 11.5 Å². The van der Waals surface area contributed by atoms with E-state index in [-0.39, 0.29) is 36.3 Å². The number of benzene rings is 1. The second kappa shape index (κ2) is 6.74. The van der Waals surface area contributed by atoms with Crippen LogP contribution < -0.4 is 9.47 Å². The first-order valence-corrected chi connectivity index (χ1v) is 10.6. The topological polar surface area (TPSA) is 51.2 Å². The first-order chi connectivity index (χ1) is 14.0. The lowest BCUT2D eigenvalue weighted by Crippen LogP contribution is -2.58. The Morgan fingerprint density at radius 1 is 1.28 bits per heavy atom.